The van der Waals surface area contributed by atoms with Crippen molar-refractivity contribution in [2.45, 2.75) is 0 Å². The third-order valence-corrected chi connectivity index (χ3v) is 3.15. The highest BCUT2D eigenvalue weighted by Gasteiger charge is 2.24. The van der Waals surface area contributed by atoms with Crippen LogP contribution in [0.2, 0.25) is 5.02 Å². The molecule has 0 unspecified atom stereocenters. The lowest BCUT2D eigenvalue weighted by Gasteiger charge is -1.99. The number of nitrogens with zero attached hydrogens (tertiary/aromatic N) is 2. The minimum atomic E-state index is -1.25. The second kappa shape index (κ2) is 4.46. The largest absolute Gasteiger partial charge is 0.477 e. The molecule has 100 valence electrons. The van der Waals surface area contributed by atoms with Crippen LogP contribution in [-0.2, 0) is 0 Å². The van der Waals surface area contributed by atoms with E-state index in [-0.39, 0.29) is 17.0 Å². The summed E-state index contributed by atoms with van der Waals surface area (Å²) >= 11 is 6.05. The van der Waals surface area contributed by atoms with Gasteiger partial charge in [0, 0.05) is 17.8 Å². The molecule has 3 rings (SSSR count). The number of fused-ring (bicyclic) bond motifs is 1. The maximum atomic E-state index is 12.4. The Bertz CT molecular complexity index is 836. The minimum Gasteiger partial charge on any atom is -0.477 e. The van der Waals surface area contributed by atoms with Crippen molar-refractivity contribution in [1.82, 2.24) is 19.9 Å². The summed E-state index contributed by atoms with van der Waals surface area (Å²) in [6.45, 7) is 0. The van der Waals surface area contributed by atoms with E-state index in [1.54, 1.807) is 6.07 Å². The summed E-state index contributed by atoms with van der Waals surface area (Å²) in [5.41, 5.74) is 0.253. The maximum Gasteiger partial charge on any atom is 0.354 e. The van der Waals surface area contributed by atoms with Gasteiger partial charge in [-0.05, 0) is 6.07 Å². The molecule has 3 N–H and O–H groups in total. The van der Waals surface area contributed by atoms with Gasteiger partial charge in [-0.1, -0.05) is 11.6 Å². The second-order valence-electron chi connectivity index (χ2n) is 3.98. The molecule has 3 heterocycles. The van der Waals surface area contributed by atoms with Gasteiger partial charge in [0.05, 0.1) is 16.9 Å². The van der Waals surface area contributed by atoms with Crippen molar-refractivity contribution in [3.05, 3.63) is 46.8 Å². The van der Waals surface area contributed by atoms with Gasteiger partial charge in [0.1, 0.15) is 11.3 Å². The van der Waals surface area contributed by atoms with Crippen LogP contribution in [0.15, 0.2) is 24.8 Å². The molecule has 0 saturated carbocycles. The van der Waals surface area contributed by atoms with Gasteiger partial charge in [0.15, 0.2) is 5.69 Å². The number of aromatic amines is 2. The van der Waals surface area contributed by atoms with E-state index >= 15 is 0 Å². The molecule has 7 nitrogen and oxygen atoms in total. The first-order chi connectivity index (χ1) is 9.59. The molecule has 3 aromatic heterocycles. The Balaban J connectivity index is 2.18. The van der Waals surface area contributed by atoms with E-state index in [0.29, 0.717) is 16.1 Å². The highest BCUT2D eigenvalue weighted by Crippen LogP contribution is 2.26. The van der Waals surface area contributed by atoms with Crippen LogP contribution in [0, 0.1) is 0 Å². The Morgan fingerprint density at radius 3 is 2.80 bits per heavy atom. The monoisotopic (exact) mass is 290 g/mol. The highest BCUT2D eigenvalue weighted by atomic mass is 35.5. The number of ketones is 1. The Morgan fingerprint density at radius 2 is 2.05 bits per heavy atom. The van der Waals surface area contributed by atoms with Crippen molar-refractivity contribution in [3.63, 3.8) is 0 Å². The summed E-state index contributed by atoms with van der Waals surface area (Å²) in [6, 6.07) is 1.55. The lowest BCUT2D eigenvalue weighted by atomic mass is 10.1. The van der Waals surface area contributed by atoms with Crippen LogP contribution >= 0.6 is 11.6 Å². The van der Waals surface area contributed by atoms with Crippen LogP contribution < -0.4 is 0 Å². The van der Waals surface area contributed by atoms with Crippen LogP contribution in [0.5, 0.6) is 0 Å². The van der Waals surface area contributed by atoms with Crippen LogP contribution in [0.4, 0.5) is 0 Å². The number of aromatic nitrogens is 4. The number of aromatic carboxylic acids is 1. The zero-order valence-electron chi connectivity index (χ0n) is 9.85. The average molecular weight is 291 g/mol. The molecule has 3 aromatic rings. The first-order valence-electron chi connectivity index (χ1n) is 5.52. The zero-order chi connectivity index (χ0) is 14.3. The number of hydrogen-bond donors (Lipinski definition) is 3. The van der Waals surface area contributed by atoms with E-state index in [4.69, 9.17) is 16.7 Å². The van der Waals surface area contributed by atoms with Crippen LogP contribution in [0.25, 0.3) is 11.0 Å². The molecule has 0 saturated heterocycles. The highest BCUT2D eigenvalue weighted by molar-refractivity contribution is 6.37. The third kappa shape index (κ3) is 1.76. The quantitative estimate of drug-likeness (QED) is 0.638. The SMILES string of the molecule is O=C(O)c1[nH]cnc1C(=O)c1c[nH]c2nccc(Cl)c12. The molecule has 0 aromatic carbocycles. The number of pyridine rings is 1. The summed E-state index contributed by atoms with van der Waals surface area (Å²) in [7, 11) is 0. The van der Waals surface area contributed by atoms with Gasteiger partial charge < -0.3 is 15.1 Å². The summed E-state index contributed by atoms with van der Waals surface area (Å²) in [5.74, 6) is -1.79. The fourth-order valence-electron chi connectivity index (χ4n) is 1.95. The first-order valence-corrected chi connectivity index (χ1v) is 5.90. The molecule has 0 aliphatic rings. The Morgan fingerprint density at radius 1 is 1.25 bits per heavy atom. The average Bonchev–Trinajstić information content (AvgIpc) is 3.05. The fourth-order valence-corrected chi connectivity index (χ4v) is 2.20. The van der Waals surface area contributed by atoms with Crippen molar-refractivity contribution < 1.29 is 14.7 Å². The maximum absolute atomic E-state index is 12.4. The number of carbonyl (C=O) groups excluding carboxylic acids is 1. The number of hydrogen-bond acceptors (Lipinski definition) is 4. The van der Waals surface area contributed by atoms with Gasteiger partial charge >= 0.3 is 5.97 Å². The number of rotatable bonds is 3. The zero-order valence-corrected chi connectivity index (χ0v) is 10.6. The summed E-state index contributed by atoms with van der Waals surface area (Å²) in [5, 5.41) is 9.80. The van der Waals surface area contributed by atoms with E-state index in [9.17, 15) is 9.59 Å². The molecule has 20 heavy (non-hydrogen) atoms. The normalized spacial score (nSPS) is 10.8. The van der Waals surface area contributed by atoms with Crippen LogP contribution in [0.3, 0.4) is 0 Å². The fraction of sp³-hybridized carbons (Fsp3) is 0. The van der Waals surface area contributed by atoms with Crippen molar-refractivity contribution in [2.24, 2.45) is 0 Å². The summed E-state index contributed by atoms with van der Waals surface area (Å²) in [4.78, 5) is 36.5. The number of H-pyrrole nitrogens is 2. The van der Waals surface area contributed by atoms with E-state index in [2.05, 4.69) is 19.9 Å². The number of carbonyl (C=O) groups is 2. The molecule has 0 amide bonds. The Labute approximate surface area is 116 Å². The van der Waals surface area contributed by atoms with E-state index < -0.39 is 11.8 Å². The predicted molar refractivity (Wildman–Crippen MR) is 70.1 cm³/mol. The molecule has 0 atom stereocenters. The van der Waals surface area contributed by atoms with Crippen molar-refractivity contribution >= 4 is 34.4 Å². The van der Waals surface area contributed by atoms with Crippen LogP contribution in [0.1, 0.15) is 26.5 Å². The standard InChI is InChI=1S/C12H7ClN4O3/c13-6-1-2-14-11-7(6)5(3-15-11)10(18)8-9(12(19)20)17-4-16-8/h1-4H,(H,14,15)(H,16,17)(H,19,20). The number of nitrogens with one attached hydrogen (secondary N) is 2. The lowest BCUT2D eigenvalue weighted by molar-refractivity contribution is 0.0687. The molecule has 0 aliphatic carbocycles. The topological polar surface area (TPSA) is 112 Å². The smallest absolute Gasteiger partial charge is 0.354 e. The molecule has 0 aliphatic heterocycles. The molecule has 8 heteroatoms. The van der Waals surface area contributed by atoms with Gasteiger partial charge in [-0.25, -0.2) is 14.8 Å². The lowest BCUT2D eigenvalue weighted by Crippen LogP contribution is -2.09. The van der Waals surface area contributed by atoms with E-state index in [0.717, 1.165) is 6.33 Å². The third-order valence-electron chi connectivity index (χ3n) is 2.84. The van der Waals surface area contributed by atoms with Crippen molar-refractivity contribution in [3.8, 4) is 0 Å². The molecule has 0 spiro atoms. The summed E-state index contributed by atoms with van der Waals surface area (Å²) < 4.78 is 0. The minimum absolute atomic E-state index is 0.168. The van der Waals surface area contributed by atoms with Gasteiger partial charge in [-0.2, -0.15) is 0 Å². The van der Waals surface area contributed by atoms with E-state index in [1.807, 2.05) is 0 Å². The first kappa shape index (κ1) is 12.4. The molecule has 0 radical (unpaired) electrons. The Hall–Kier alpha value is -2.67. The van der Waals surface area contributed by atoms with E-state index in [1.165, 1.54) is 12.4 Å². The number of imidazole rings is 1. The van der Waals surface area contributed by atoms with Gasteiger partial charge in [0.2, 0.25) is 5.78 Å². The van der Waals surface area contributed by atoms with Crippen molar-refractivity contribution in [1.29, 1.82) is 0 Å². The second-order valence-corrected chi connectivity index (χ2v) is 4.39. The van der Waals surface area contributed by atoms with Gasteiger partial charge in [0.25, 0.3) is 0 Å². The van der Waals surface area contributed by atoms with Gasteiger partial charge in [-0.3, -0.25) is 4.79 Å². The molecular weight excluding hydrogens is 284 g/mol. The van der Waals surface area contributed by atoms with Crippen LogP contribution in [-0.4, -0.2) is 36.8 Å². The predicted octanol–water partition coefficient (Wildman–Crippen LogP) is 1.87. The van der Waals surface area contributed by atoms with Gasteiger partial charge in [-0.15, -0.1) is 0 Å². The number of halogens is 1. The Kier molecular flexibility index (Phi) is 2.76. The van der Waals surface area contributed by atoms with Crippen molar-refractivity contribution in [2.75, 3.05) is 0 Å². The molecule has 0 bridgehead atoms. The number of carboxylic acid groups (broad SMARTS) is 1. The molecular formula is C12H7ClN4O3. The number of carboxylic acids is 1. The molecule has 0 fully saturated rings. The summed E-state index contributed by atoms with van der Waals surface area (Å²) in [6.07, 6.45) is 4.10.